The minimum absolute atomic E-state index is 0.870. The number of aromatic nitrogens is 2. The van der Waals surface area contributed by atoms with Crippen molar-refractivity contribution in [2.45, 2.75) is 26.4 Å². The molecule has 0 atom stereocenters. The number of ether oxygens (including phenoxy) is 1. The van der Waals surface area contributed by atoms with Crippen molar-refractivity contribution in [2.75, 3.05) is 13.7 Å². The van der Waals surface area contributed by atoms with Gasteiger partial charge in [0.05, 0.1) is 7.11 Å². The summed E-state index contributed by atoms with van der Waals surface area (Å²) in [6.07, 6.45) is 0.977. The van der Waals surface area contributed by atoms with Gasteiger partial charge in [0.15, 0.2) is 5.65 Å². The van der Waals surface area contributed by atoms with Gasteiger partial charge in [0, 0.05) is 42.8 Å². The molecule has 1 aromatic carbocycles. The van der Waals surface area contributed by atoms with Gasteiger partial charge in [-0.15, -0.1) is 0 Å². The van der Waals surface area contributed by atoms with Gasteiger partial charge in [0.1, 0.15) is 5.75 Å². The van der Waals surface area contributed by atoms with Crippen LogP contribution < -0.4 is 4.74 Å². The summed E-state index contributed by atoms with van der Waals surface area (Å²) in [5.74, 6) is 0.916. The number of pyridine rings is 2. The van der Waals surface area contributed by atoms with Gasteiger partial charge < -0.3 is 4.74 Å². The van der Waals surface area contributed by atoms with Crippen LogP contribution in [0.5, 0.6) is 5.75 Å². The lowest BCUT2D eigenvalue weighted by atomic mass is 10.0. The van der Waals surface area contributed by atoms with Gasteiger partial charge >= 0.3 is 0 Å². The standard InChI is InChI=1S/C20H21N3O/c1-14-6-7-16-11-17-13-23(9-8-19(17)22-20(16)21-14)12-15-4-3-5-18(10-15)24-2/h3-7,10-11H,8-9,12-13H2,1-2H3. The molecule has 0 saturated heterocycles. The van der Waals surface area contributed by atoms with Crippen molar-refractivity contribution in [3.05, 3.63) is 65.0 Å². The highest BCUT2D eigenvalue weighted by Gasteiger charge is 2.18. The van der Waals surface area contributed by atoms with Crippen LogP contribution in [0.25, 0.3) is 11.0 Å². The van der Waals surface area contributed by atoms with Crippen LogP contribution >= 0.6 is 0 Å². The third kappa shape index (κ3) is 2.97. The summed E-state index contributed by atoms with van der Waals surface area (Å²) >= 11 is 0. The van der Waals surface area contributed by atoms with Crippen LogP contribution in [-0.4, -0.2) is 28.5 Å². The molecule has 0 bridgehead atoms. The zero-order valence-electron chi connectivity index (χ0n) is 14.1. The molecule has 0 fully saturated rings. The van der Waals surface area contributed by atoms with E-state index in [1.165, 1.54) is 16.8 Å². The summed E-state index contributed by atoms with van der Waals surface area (Å²) in [4.78, 5) is 11.8. The molecule has 0 spiro atoms. The number of benzene rings is 1. The number of hydrogen-bond acceptors (Lipinski definition) is 4. The summed E-state index contributed by atoms with van der Waals surface area (Å²) in [5.41, 5.74) is 5.69. The van der Waals surface area contributed by atoms with E-state index in [9.17, 15) is 0 Å². The van der Waals surface area contributed by atoms with Crippen LogP contribution in [0.4, 0.5) is 0 Å². The Balaban J connectivity index is 1.57. The van der Waals surface area contributed by atoms with E-state index >= 15 is 0 Å². The molecule has 4 rings (SSSR count). The second-order valence-corrected chi connectivity index (χ2v) is 6.41. The smallest absolute Gasteiger partial charge is 0.159 e. The molecule has 4 heteroatoms. The first-order valence-corrected chi connectivity index (χ1v) is 8.33. The largest absolute Gasteiger partial charge is 0.497 e. The predicted molar refractivity (Wildman–Crippen MR) is 95.1 cm³/mol. The lowest BCUT2D eigenvalue weighted by Crippen LogP contribution is -2.30. The first kappa shape index (κ1) is 15.1. The van der Waals surface area contributed by atoms with Crippen molar-refractivity contribution in [2.24, 2.45) is 0 Å². The Hall–Kier alpha value is -2.46. The molecule has 122 valence electrons. The number of methoxy groups -OCH3 is 1. The molecule has 1 aliphatic rings. The summed E-state index contributed by atoms with van der Waals surface area (Å²) in [6.45, 7) is 4.90. The molecular weight excluding hydrogens is 298 g/mol. The Morgan fingerprint density at radius 1 is 1.12 bits per heavy atom. The van der Waals surface area contributed by atoms with Crippen LogP contribution in [-0.2, 0) is 19.5 Å². The van der Waals surface area contributed by atoms with E-state index in [4.69, 9.17) is 9.72 Å². The highest BCUT2D eigenvalue weighted by molar-refractivity contribution is 5.76. The number of rotatable bonds is 3. The van der Waals surface area contributed by atoms with E-state index in [2.05, 4.69) is 40.2 Å². The first-order chi connectivity index (χ1) is 11.7. The van der Waals surface area contributed by atoms with Gasteiger partial charge in [-0.2, -0.15) is 0 Å². The Morgan fingerprint density at radius 3 is 2.92 bits per heavy atom. The van der Waals surface area contributed by atoms with Gasteiger partial charge in [-0.25, -0.2) is 9.97 Å². The molecule has 2 aromatic heterocycles. The van der Waals surface area contributed by atoms with Crippen LogP contribution in [0.1, 0.15) is 22.5 Å². The maximum atomic E-state index is 5.32. The van der Waals surface area contributed by atoms with Crippen LogP contribution in [0.3, 0.4) is 0 Å². The van der Waals surface area contributed by atoms with E-state index in [1.807, 2.05) is 19.1 Å². The summed E-state index contributed by atoms with van der Waals surface area (Å²) < 4.78 is 5.32. The zero-order chi connectivity index (χ0) is 16.5. The van der Waals surface area contributed by atoms with Crippen molar-refractivity contribution in [3.8, 4) is 5.75 Å². The van der Waals surface area contributed by atoms with Crippen LogP contribution in [0, 0.1) is 6.92 Å². The topological polar surface area (TPSA) is 38.2 Å². The van der Waals surface area contributed by atoms with Crippen LogP contribution in [0.2, 0.25) is 0 Å². The summed E-state index contributed by atoms with van der Waals surface area (Å²) in [6, 6.07) is 14.7. The van der Waals surface area contributed by atoms with Crippen molar-refractivity contribution >= 4 is 11.0 Å². The second-order valence-electron chi connectivity index (χ2n) is 6.41. The molecule has 0 aliphatic carbocycles. The number of nitrogens with zero attached hydrogens (tertiary/aromatic N) is 3. The summed E-state index contributed by atoms with van der Waals surface area (Å²) in [7, 11) is 1.71. The molecule has 3 aromatic rings. The Bertz CT molecular complexity index is 891. The highest BCUT2D eigenvalue weighted by atomic mass is 16.5. The summed E-state index contributed by atoms with van der Waals surface area (Å²) in [5, 5.41) is 1.13. The molecule has 4 nitrogen and oxygen atoms in total. The maximum Gasteiger partial charge on any atom is 0.159 e. The van der Waals surface area contributed by atoms with E-state index in [1.54, 1.807) is 7.11 Å². The molecular formula is C20H21N3O. The quantitative estimate of drug-likeness (QED) is 0.740. The van der Waals surface area contributed by atoms with E-state index in [-0.39, 0.29) is 0 Å². The number of fused-ring (bicyclic) bond motifs is 2. The minimum atomic E-state index is 0.870. The van der Waals surface area contributed by atoms with Crippen molar-refractivity contribution < 1.29 is 4.74 Å². The fourth-order valence-corrected chi connectivity index (χ4v) is 3.33. The Kier molecular flexibility index (Phi) is 3.90. The fourth-order valence-electron chi connectivity index (χ4n) is 3.33. The Morgan fingerprint density at radius 2 is 2.04 bits per heavy atom. The molecule has 1 aliphatic heterocycles. The Labute approximate surface area is 142 Å². The minimum Gasteiger partial charge on any atom is -0.497 e. The average Bonchev–Trinajstić information content (AvgIpc) is 2.60. The van der Waals surface area contributed by atoms with E-state index in [0.717, 1.165) is 48.5 Å². The highest BCUT2D eigenvalue weighted by Crippen LogP contribution is 2.24. The SMILES string of the molecule is COc1cccc(CN2CCc3nc4nc(C)ccc4cc3C2)c1. The molecule has 0 amide bonds. The van der Waals surface area contributed by atoms with Gasteiger partial charge in [0.2, 0.25) is 0 Å². The predicted octanol–water partition coefficient (Wildman–Crippen LogP) is 3.51. The van der Waals surface area contributed by atoms with Gasteiger partial charge in [0.25, 0.3) is 0 Å². The third-order valence-corrected chi connectivity index (χ3v) is 4.58. The van der Waals surface area contributed by atoms with Crippen molar-refractivity contribution in [1.29, 1.82) is 0 Å². The molecule has 0 radical (unpaired) electrons. The van der Waals surface area contributed by atoms with Gasteiger partial charge in [-0.3, -0.25) is 4.90 Å². The monoisotopic (exact) mass is 319 g/mol. The van der Waals surface area contributed by atoms with Crippen LogP contribution in [0.15, 0.2) is 42.5 Å². The number of hydrogen-bond donors (Lipinski definition) is 0. The lowest BCUT2D eigenvalue weighted by Gasteiger charge is -2.28. The zero-order valence-corrected chi connectivity index (χ0v) is 14.1. The first-order valence-electron chi connectivity index (χ1n) is 8.33. The third-order valence-electron chi connectivity index (χ3n) is 4.58. The molecule has 0 unspecified atom stereocenters. The lowest BCUT2D eigenvalue weighted by molar-refractivity contribution is 0.243. The number of aryl methyl sites for hydroxylation is 1. The molecule has 3 heterocycles. The van der Waals surface area contributed by atoms with E-state index in [0.29, 0.717) is 0 Å². The maximum absolute atomic E-state index is 5.32. The molecule has 24 heavy (non-hydrogen) atoms. The van der Waals surface area contributed by atoms with Gasteiger partial charge in [-0.1, -0.05) is 12.1 Å². The normalized spacial score (nSPS) is 14.6. The van der Waals surface area contributed by atoms with Crippen molar-refractivity contribution in [3.63, 3.8) is 0 Å². The van der Waals surface area contributed by atoms with E-state index < -0.39 is 0 Å². The van der Waals surface area contributed by atoms with Gasteiger partial charge in [-0.05, 0) is 48.4 Å². The fraction of sp³-hybridized carbons (Fsp3) is 0.300. The average molecular weight is 319 g/mol. The van der Waals surface area contributed by atoms with Crippen molar-refractivity contribution in [1.82, 2.24) is 14.9 Å². The molecule has 0 N–H and O–H groups in total. The second kappa shape index (κ2) is 6.21. The molecule has 0 saturated carbocycles.